The van der Waals surface area contributed by atoms with Crippen molar-refractivity contribution < 1.29 is 19.0 Å². The summed E-state index contributed by atoms with van der Waals surface area (Å²) in [5.41, 5.74) is 0. The van der Waals surface area contributed by atoms with Gasteiger partial charge in [0.05, 0.1) is 19.8 Å². The minimum absolute atomic E-state index is 0.328. The van der Waals surface area contributed by atoms with Crippen LogP contribution in [0.1, 0.15) is 6.92 Å². The first-order valence-electron chi connectivity index (χ1n) is 5.48. The van der Waals surface area contributed by atoms with Crippen molar-refractivity contribution in [2.24, 2.45) is 0 Å². The lowest BCUT2D eigenvalue weighted by Gasteiger charge is -2.31. The van der Waals surface area contributed by atoms with Crippen molar-refractivity contribution in [2.45, 2.75) is 19.6 Å². The quantitative estimate of drug-likeness (QED) is 0.666. The number of carbonyl (C=O) groups excluding carboxylic acids is 1. The highest BCUT2D eigenvalue weighted by Gasteiger charge is 2.36. The number of nitrogens with zero attached hydrogens (tertiary/aromatic N) is 1. The zero-order chi connectivity index (χ0) is 11.4. The van der Waals surface area contributed by atoms with Crippen LogP contribution in [0.5, 0.6) is 0 Å². The van der Waals surface area contributed by atoms with Crippen LogP contribution < -0.4 is 10.6 Å². The maximum Gasteiger partial charge on any atom is 0.416 e. The third kappa shape index (κ3) is 2.43. The fraction of sp³-hybridized carbons (Fsp3) is 0.889. The van der Waals surface area contributed by atoms with Crippen LogP contribution >= 0.6 is 0 Å². The topological polar surface area (TPSA) is 72.1 Å². The summed E-state index contributed by atoms with van der Waals surface area (Å²) in [6, 6.07) is 0. The van der Waals surface area contributed by atoms with Crippen LogP contribution in [0.25, 0.3) is 0 Å². The van der Waals surface area contributed by atoms with Crippen molar-refractivity contribution in [1.82, 2.24) is 15.5 Å². The summed E-state index contributed by atoms with van der Waals surface area (Å²) in [7, 11) is 0. The molecule has 0 aromatic heterocycles. The minimum Gasteiger partial charge on any atom is -0.450 e. The van der Waals surface area contributed by atoms with Gasteiger partial charge in [0.2, 0.25) is 0 Å². The first kappa shape index (κ1) is 11.6. The van der Waals surface area contributed by atoms with E-state index < -0.39 is 18.8 Å². The van der Waals surface area contributed by atoms with E-state index in [2.05, 4.69) is 10.6 Å². The predicted octanol–water partition coefficient (Wildman–Crippen LogP) is -0.748. The second kappa shape index (κ2) is 5.44. The van der Waals surface area contributed by atoms with Gasteiger partial charge in [0, 0.05) is 13.1 Å². The Morgan fingerprint density at radius 3 is 2.25 bits per heavy atom. The van der Waals surface area contributed by atoms with Crippen LogP contribution in [-0.2, 0) is 14.2 Å². The third-order valence-electron chi connectivity index (χ3n) is 2.38. The molecule has 0 saturated carbocycles. The Bertz CT molecular complexity index is 223. The smallest absolute Gasteiger partial charge is 0.416 e. The maximum atomic E-state index is 11.8. The van der Waals surface area contributed by atoms with E-state index in [1.165, 1.54) is 4.90 Å². The minimum atomic E-state index is -0.477. The van der Waals surface area contributed by atoms with Gasteiger partial charge >= 0.3 is 6.09 Å². The van der Waals surface area contributed by atoms with Crippen LogP contribution in [-0.4, -0.2) is 56.6 Å². The molecule has 0 spiro atoms. The van der Waals surface area contributed by atoms with E-state index in [0.29, 0.717) is 32.9 Å². The molecule has 92 valence electrons. The number of hydrogen-bond acceptors (Lipinski definition) is 6. The molecule has 0 aromatic carbocycles. The van der Waals surface area contributed by atoms with Gasteiger partial charge in [-0.2, -0.15) is 0 Å². The Labute approximate surface area is 94.0 Å². The summed E-state index contributed by atoms with van der Waals surface area (Å²) in [6.45, 7) is 4.68. The van der Waals surface area contributed by atoms with Gasteiger partial charge in [-0.1, -0.05) is 0 Å². The number of nitrogens with one attached hydrogen (secondary N) is 2. The highest BCUT2D eigenvalue weighted by Crippen LogP contribution is 2.12. The van der Waals surface area contributed by atoms with E-state index in [0.717, 1.165) is 0 Å². The van der Waals surface area contributed by atoms with Crippen LogP contribution in [0.4, 0.5) is 4.79 Å². The molecule has 2 heterocycles. The van der Waals surface area contributed by atoms with Gasteiger partial charge in [-0.3, -0.25) is 10.6 Å². The van der Waals surface area contributed by atoms with Gasteiger partial charge in [0.25, 0.3) is 0 Å². The van der Waals surface area contributed by atoms with Gasteiger partial charge in [0.1, 0.15) is 0 Å². The van der Waals surface area contributed by atoms with Gasteiger partial charge < -0.3 is 14.2 Å². The second-order valence-electron chi connectivity index (χ2n) is 3.46. The molecule has 2 unspecified atom stereocenters. The first-order valence-corrected chi connectivity index (χ1v) is 5.48. The fourth-order valence-corrected chi connectivity index (χ4v) is 1.69. The average molecular weight is 231 g/mol. The molecule has 2 saturated heterocycles. The largest absolute Gasteiger partial charge is 0.450 e. The highest BCUT2D eigenvalue weighted by atomic mass is 16.6. The molecule has 7 nitrogen and oxygen atoms in total. The van der Waals surface area contributed by atoms with Crippen LogP contribution in [0.3, 0.4) is 0 Å². The number of carbonyl (C=O) groups is 1. The Kier molecular flexibility index (Phi) is 3.94. The van der Waals surface area contributed by atoms with Crippen LogP contribution in [0.15, 0.2) is 0 Å². The van der Waals surface area contributed by atoms with Crippen LogP contribution in [0.2, 0.25) is 0 Å². The normalized spacial score (nSPS) is 29.3. The van der Waals surface area contributed by atoms with E-state index >= 15 is 0 Å². The van der Waals surface area contributed by atoms with Crippen molar-refractivity contribution in [1.29, 1.82) is 0 Å². The Morgan fingerprint density at radius 2 is 1.88 bits per heavy atom. The van der Waals surface area contributed by atoms with Crippen molar-refractivity contribution in [3.63, 3.8) is 0 Å². The zero-order valence-corrected chi connectivity index (χ0v) is 9.27. The molecule has 2 aliphatic heterocycles. The number of ether oxygens (including phenoxy) is 3. The molecule has 2 rings (SSSR count). The first-order chi connectivity index (χ1) is 7.83. The lowest BCUT2D eigenvalue weighted by atomic mass is 10.6. The molecule has 1 amide bonds. The molecule has 2 fully saturated rings. The van der Waals surface area contributed by atoms with Gasteiger partial charge in [-0.25, -0.2) is 9.69 Å². The lowest BCUT2D eigenvalue weighted by Crippen LogP contribution is -2.55. The van der Waals surface area contributed by atoms with Crippen molar-refractivity contribution in [3.8, 4) is 0 Å². The summed E-state index contributed by atoms with van der Waals surface area (Å²) in [6.07, 6.45) is -1.40. The second-order valence-corrected chi connectivity index (χ2v) is 3.46. The number of rotatable bonds is 3. The van der Waals surface area contributed by atoms with Crippen molar-refractivity contribution >= 4 is 6.09 Å². The Morgan fingerprint density at radius 1 is 1.31 bits per heavy atom. The summed E-state index contributed by atoms with van der Waals surface area (Å²) >= 11 is 0. The number of amides is 1. The standard InChI is InChI=1S/C9H17N3O4/c1-2-14-9(13)12(7-10-3-5-15-7)8-11-4-6-16-8/h7-8,10-11H,2-6H2,1H3. The summed E-state index contributed by atoms with van der Waals surface area (Å²) < 4.78 is 15.8. The van der Waals surface area contributed by atoms with Gasteiger partial charge in [-0.05, 0) is 6.92 Å². The predicted molar refractivity (Wildman–Crippen MR) is 54.3 cm³/mol. The molecule has 2 N–H and O–H groups in total. The van der Waals surface area contributed by atoms with E-state index in [-0.39, 0.29) is 0 Å². The molecular formula is C9H17N3O4. The molecule has 7 heteroatoms. The summed E-state index contributed by atoms with van der Waals surface area (Å²) in [4.78, 5) is 13.2. The molecule has 2 aliphatic rings. The molecule has 16 heavy (non-hydrogen) atoms. The third-order valence-corrected chi connectivity index (χ3v) is 2.38. The summed E-state index contributed by atoms with van der Waals surface area (Å²) in [5, 5.41) is 6.11. The van der Waals surface area contributed by atoms with E-state index in [1.54, 1.807) is 6.92 Å². The molecule has 0 bridgehead atoms. The van der Waals surface area contributed by atoms with Crippen molar-refractivity contribution in [2.75, 3.05) is 32.9 Å². The monoisotopic (exact) mass is 231 g/mol. The zero-order valence-electron chi connectivity index (χ0n) is 9.27. The van der Waals surface area contributed by atoms with E-state index in [4.69, 9.17) is 14.2 Å². The highest BCUT2D eigenvalue weighted by molar-refractivity contribution is 5.68. The molecular weight excluding hydrogens is 214 g/mol. The van der Waals surface area contributed by atoms with E-state index in [1.807, 2.05) is 0 Å². The van der Waals surface area contributed by atoms with Gasteiger partial charge in [-0.15, -0.1) is 0 Å². The summed E-state index contributed by atoms with van der Waals surface area (Å²) in [5.74, 6) is 0. The lowest BCUT2D eigenvalue weighted by molar-refractivity contribution is -0.116. The maximum absolute atomic E-state index is 11.8. The average Bonchev–Trinajstić information content (AvgIpc) is 2.91. The fourth-order valence-electron chi connectivity index (χ4n) is 1.69. The molecule has 0 aliphatic carbocycles. The molecule has 0 aromatic rings. The SMILES string of the molecule is CCOC(=O)N(C1NCCO1)C1NCCO1. The Hall–Kier alpha value is -0.890. The van der Waals surface area contributed by atoms with Gasteiger partial charge in [0.15, 0.2) is 12.7 Å². The number of hydrogen-bond donors (Lipinski definition) is 2. The van der Waals surface area contributed by atoms with E-state index in [9.17, 15) is 4.79 Å². The van der Waals surface area contributed by atoms with Crippen molar-refractivity contribution in [3.05, 3.63) is 0 Å². The molecule has 0 radical (unpaired) electrons. The molecule has 2 atom stereocenters. The Balaban J connectivity index is 2.01. The van der Waals surface area contributed by atoms with Crippen LogP contribution in [0, 0.1) is 0 Å².